The molecule has 0 aromatic heterocycles. The van der Waals surface area contributed by atoms with Crippen molar-refractivity contribution in [1.29, 1.82) is 0 Å². The van der Waals surface area contributed by atoms with Gasteiger partial charge in [-0.3, -0.25) is 4.90 Å². The standard InChI is InChI=1S/C37H64N2O3S/c1-9-39(26-15-23-43(41,42)24-26)22-21-38-37-18-12-27(25(2)3)32(37)28-10-11-30-34(6)16-14-31(40)33(4,5)29(34)13-17-36(30,8)35(28,7)19-20-37/h26-32,38,40H,2,9-24H2,1,3-8H3/t26?,27-,28+,29-,30+,31-,32+,34-,35+,36+,37-/m0/s1. The Morgan fingerprint density at radius 1 is 0.907 bits per heavy atom. The molecule has 0 aromatic carbocycles. The molecule has 6 fully saturated rings. The number of hydrogen-bond donors (Lipinski definition) is 2. The number of hydrogen-bond acceptors (Lipinski definition) is 5. The minimum Gasteiger partial charge on any atom is -0.393 e. The SMILES string of the molecule is C=C(C)[C@@H]1CC[C@]2(NCCN(CC)C3CCS(=O)(=O)C3)CC[C@]3(C)[C@H](CC[C@@H]4[C@@]5(C)CC[C@H](O)C(C)(C)[C@@H]5CC[C@]43C)[C@@H]12. The van der Waals surface area contributed by atoms with Crippen LogP contribution in [0.4, 0.5) is 0 Å². The van der Waals surface area contributed by atoms with Gasteiger partial charge < -0.3 is 10.4 Å². The van der Waals surface area contributed by atoms with Gasteiger partial charge in [0.15, 0.2) is 9.84 Å². The van der Waals surface area contributed by atoms with Gasteiger partial charge in [0.25, 0.3) is 0 Å². The van der Waals surface area contributed by atoms with E-state index < -0.39 is 9.84 Å². The van der Waals surface area contributed by atoms with Crippen LogP contribution in [-0.4, -0.2) is 67.2 Å². The van der Waals surface area contributed by atoms with E-state index in [4.69, 9.17) is 0 Å². The highest BCUT2D eigenvalue weighted by atomic mass is 32.2. The molecule has 1 aliphatic heterocycles. The Labute approximate surface area is 264 Å². The third kappa shape index (κ3) is 4.79. The van der Waals surface area contributed by atoms with Crippen LogP contribution in [0.15, 0.2) is 12.2 Å². The third-order valence-electron chi connectivity index (χ3n) is 16.1. The van der Waals surface area contributed by atoms with E-state index in [1.807, 2.05) is 0 Å². The number of fused-ring (bicyclic) bond motifs is 7. The van der Waals surface area contributed by atoms with E-state index in [1.165, 1.54) is 63.4 Å². The van der Waals surface area contributed by atoms with Crippen molar-refractivity contribution in [2.45, 2.75) is 137 Å². The van der Waals surface area contributed by atoms with Gasteiger partial charge in [-0.05, 0) is 135 Å². The number of rotatable bonds is 7. The van der Waals surface area contributed by atoms with Gasteiger partial charge in [-0.1, -0.05) is 53.7 Å². The van der Waals surface area contributed by atoms with Gasteiger partial charge in [-0.2, -0.15) is 0 Å². The summed E-state index contributed by atoms with van der Waals surface area (Å²) < 4.78 is 24.4. The second kappa shape index (κ2) is 10.8. The topological polar surface area (TPSA) is 69.6 Å². The minimum atomic E-state index is -2.87. The lowest BCUT2D eigenvalue weighted by Gasteiger charge is -2.73. The second-order valence-electron chi connectivity index (χ2n) is 17.8. The molecule has 1 unspecified atom stereocenters. The number of nitrogens with one attached hydrogen (secondary N) is 1. The smallest absolute Gasteiger partial charge is 0.151 e. The third-order valence-corrected chi connectivity index (χ3v) is 17.8. The first-order valence-corrected chi connectivity index (χ1v) is 19.9. The van der Waals surface area contributed by atoms with Crippen molar-refractivity contribution >= 4 is 9.84 Å². The van der Waals surface area contributed by atoms with Crippen molar-refractivity contribution < 1.29 is 13.5 Å². The van der Waals surface area contributed by atoms with Gasteiger partial charge in [0, 0.05) is 24.7 Å². The number of nitrogens with zero attached hydrogens (tertiary/aromatic N) is 1. The monoisotopic (exact) mass is 616 g/mol. The van der Waals surface area contributed by atoms with Crippen molar-refractivity contribution in [3.8, 4) is 0 Å². The molecule has 0 aromatic rings. The molecule has 0 spiro atoms. The van der Waals surface area contributed by atoms with Crippen molar-refractivity contribution in [1.82, 2.24) is 10.2 Å². The largest absolute Gasteiger partial charge is 0.393 e. The Morgan fingerprint density at radius 2 is 1.65 bits per heavy atom. The molecule has 5 nitrogen and oxygen atoms in total. The lowest BCUT2D eigenvalue weighted by Crippen LogP contribution is -2.69. The fourth-order valence-electron chi connectivity index (χ4n) is 13.6. The minimum absolute atomic E-state index is 0.00325. The van der Waals surface area contributed by atoms with Crippen LogP contribution >= 0.6 is 0 Å². The summed E-state index contributed by atoms with van der Waals surface area (Å²) >= 11 is 0. The molecule has 1 saturated heterocycles. The zero-order valence-corrected chi connectivity index (χ0v) is 29.5. The molecular weight excluding hydrogens is 552 g/mol. The van der Waals surface area contributed by atoms with Crippen LogP contribution < -0.4 is 5.32 Å². The molecule has 246 valence electrons. The summed E-state index contributed by atoms with van der Waals surface area (Å²) in [6.07, 6.45) is 13.1. The first-order valence-electron chi connectivity index (χ1n) is 18.1. The highest BCUT2D eigenvalue weighted by Crippen LogP contribution is 2.76. The van der Waals surface area contributed by atoms with Crippen molar-refractivity contribution in [3.05, 3.63) is 12.2 Å². The van der Waals surface area contributed by atoms with E-state index in [9.17, 15) is 13.5 Å². The molecule has 0 amide bonds. The predicted molar refractivity (Wildman–Crippen MR) is 178 cm³/mol. The van der Waals surface area contributed by atoms with Crippen molar-refractivity contribution in [2.24, 2.45) is 51.2 Å². The van der Waals surface area contributed by atoms with Gasteiger partial charge >= 0.3 is 0 Å². The normalized spacial score (nSPS) is 50.0. The van der Waals surface area contributed by atoms with Gasteiger partial charge in [-0.15, -0.1) is 0 Å². The fourth-order valence-corrected chi connectivity index (χ4v) is 15.3. The molecule has 2 N–H and O–H groups in total. The summed E-state index contributed by atoms with van der Waals surface area (Å²) in [4.78, 5) is 2.43. The summed E-state index contributed by atoms with van der Waals surface area (Å²) in [6, 6.07) is 0.184. The maximum absolute atomic E-state index is 12.2. The van der Waals surface area contributed by atoms with E-state index in [0.717, 1.165) is 38.4 Å². The summed E-state index contributed by atoms with van der Waals surface area (Å²) in [5, 5.41) is 15.3. The van der Waals surface area contributed by atoms with Crippen LogP contribution in [0.1, 0.15) is 119 Å². The maximum atomic E-state index is 12.2. The average molecular weight is 617 g/mol. The summed E-state index contributed by atoms with van der Waals surface area (Å²) in [5.74, 6) is 3.97. The lowest BCUT2D eigenvalue weighted by molar-refractivity contribution is -0.243. The van der Waals surface area contributed by atoms with E-state index in [0.29, 0.717) is 51.4 Å². The Kier molecular flexibility index (Phi) is 8.17. The molecule has 0 bridgehead atoms. The lowest BCUT2D eigenvalue weighted by atomic mass is 9.32. The van der Waals surface area contributed by atoms with Crippen LogP contribution in [0.2, 0.25) is 0 Å². The van der Waals surface area contributed by atoms with E-state index in [1.54, 1.807) is 0 Å². The van der Waals surface area contributed by atoms with Crippen molar-refractivity contribution in [3.63, 3.8) is 0 Å². The van der Waals surface area contributed by atoms with Crippen molar-refractivity contribution in [2.75, 3.05) is 31.1 Å². The molecule has 0 radical (unpaired) electrons. The molecular formula is C37H64N2O3S. The maximum Gasteiger partial charge on any atom is 0.151 e. The quantitative estimate of drug-likeness (QED) is 0.306. The molecule has 6 aliphatic rings. The van der Waals surface area contributed by atoms with Crippen LogP contribution in [0.5, 0.6) is 0 Å². The molecule has 1 heterocycles. The number of allylic oxidation sites excluding steroid dienone is 1. The predicted octanol–water partition coefficient (Wildman–Crippen LogP) is 6.86. The highest BCUT2D eigenvalue weighted by molar-refractivity contribution is 7.91. The van der Waals surface area contributed by atoms with Gasteiger partial charge in [0.2, 0.25) is 0 Å². The summed E-state index contributed by atoms with van der Waals surface area (Å²) in [6.45, 7) is 24.6. The molecule has 6 rings (SSSR count). The van der Waals surface area contributed by atoms with Gasteiger partial charge in [-0.25, -0.2) is 8.42 Å². The Balaban J connectivity index is 1.25. The summed E-state index contributed by atoms with van der Waals surface area (Å²) in [5.41, 5.74) is 2.54. The van der Waals surface area contributed by atoms with E-state index in [2.05, 4.69) is 65.3 Å². The van der Waals surface area contributed by atoms with Crippen LogP contribution in [0.3, 0.4) is 0 Å². The Hall–Kier alpha value is -0.430. The number of aliphatic hydroxyl groups is 1. The first-order chi connectivity index (χ1) is 20.0. The molecule has 43 heavy (non-hydrogen) atoms. The highest BCUT2D eigenvalue weighted by Gasteiger charge is 2.70. The van der Waals surface area contributed by atoms with E-state index >= 15 is 0 Å². The first kappa shape index (κ1) is 32.5. The Morgan fingerprint density at radius 3 is 2.30 bits per heavy atom. The Bertz CT molecular complexity index is 1200. The number of aliphatic hydroxyl groups excluding tert-OH is 1. The zero-order valence-electron chi connectivity index (χ0n) is 28.7. The van der Waals surface area contributed by atoms with Gasteiger partial charge in [0.1, 0.15) is 0 Å². The van der Waals surface area contributed by atoms with Crippen LogP contribution in [0.25, 0.3) is 0 Å². The number of sulfone groups is 1. The van der Waals surface area contributed by atoms with Crippen LogP contribution in [-0.2, 0) is 9.84 Å². The zero-order chi connectivity index (χ0) is 31.2. The molecule has 5 aliphatic carbocycles. The molecule has 11 atom stereocenters. The summed E-state index contributed by atoms with van der Waals surface area (Å²) in [7, 11) is -2.87. The number of likely N-dealkylation sites (N-methyl/N-ethyl adjacent to an activating group) is 1. The second-order valence-corrected chi connectivity index (χ2v) is 20.1. The molecule has 5 saturated carbocycles. The van der Waals surface area contributed by atoms with Crippen LogP contribution in [0, 0.1) is 51.2 Å². The van der Waals surface area contributed by atoms with Gasteiger partial charge in [0.05, 0.1) is 17.6 Å². The fraction of sp³-hybridized carbons (Fsp3) is 0.946. The molecule has 6 heteroatoms. The average Bonchev–Trinajstić information content (AvgIpc) is 3.50. The van der Waals surface area contributed by atoms with E-state index in [-0.39, 0.29) is 23.1 Å².